The lowest BCUT2D eigenvalue weighted by atomic mass is 9.85. The third-order valence-corrected chi connectivity index (χ3v) is 5.21. The third-order valence-electron chi connectivity index (χ3n) is 5.21. The van der Waals surface area contributed by atoms with Gasteiger partial charge in [-0.05, 0) is 30.4 Å². The van der Waals surface area contributed by atoms with Gasteiger partial charge >= 0.3 is 6.18 Å². The summed E-state index contributed by atoms with van der Waals surface area (Å²) < 4.78 is 39.4. The summed E-state index contributed by atoms with van der Waals surface area (Å²) in [4.78, 5) is 35.7. The molecule has 0 N–H and O–H groups in total. The van der Waals surface area contributed by atoms with E-state index in [2.05, 4.69) is 0 Å². The number of nitrogens with zero attached hydrogens (tertiary/aromatic N) is 2. The number of nitro groups is 1. The Bertz CT molecular complexity index is 818. The van der Waals surface area contributed by atoms with E-state index in [1.807, 2.05) is 12.2 Å². The van der Waals surface area contributed by atoms with Crippen LogP contribution in [0, 0.1) is 33.8 Å². The minimum Gasteiger partial charge on any atom is -0.274 e. The maximum Gasteiger partial charge on any atom is 0.423 e. The maximum atomic E-state index is 13.1. The van der Waals surface area contributed by atoms with E-state index in [0.29, 0.717) is 18.6 Å². The zero-order chi connectivity index (χ0) is 18.1. The van der Waals surface area contributed by atoms with Crippen molar-refractivity contribution in [3.63, 3.8) is 0 Å². The number of hydrogen-bond donors (Lipinski definition) is 0. The van der Waals surface area contributed by atoms with Crippen molar-refractivity contribution >= 4 is 23.2 Å². The van der Waals surface area contributed by atoms with Gasteiger partial charge in [0.1, 0.15) is 5.56 Å². The number of halogens is 3. The number of hydrogen-bond acceptors (Lipinski definition) is 4. The van der Waals surface area contributed by atoms with E-state index in [0.717, 1.165) is 11.0 Å². The van der Waals surface area contributed by atoms with Gasteiger partial charge in [0.15, 0.2) is 0 Å². The van der Waals surface area contributed by atoms with Crippen molar-refractivity contribution < 1.29 is 27.7 Å². The lowest BCUT2D eigenvalue weighted by Crippen LogP contribution is -2.33. The average Bonchev–Trinajstić information content (AvgIpc) is 3.20. The highest BCUT2D eigenvalue weighted by molar-refractivity contribution is 6.22. The number of benzene rings is 1. The number of amides is 2. The number of imide groups is 1. The summed E-state index contributed by atoms with van der Waals surface area (Å²) in [6.45, 7) is 0. The van der Waals surface area contributed by atoms with Crippen LogP contribution in [0.3, 0.4) is 0 Å². The fourth-order valence-corrected chi connectivity index (χ4v) is 4.21. The molecule has 2 unspecified atom stereocenters. The SMILES string of the molecule is O=C1[C@@H]2C3C=CC(C3)[C@@H]2C(=O)N1c1ccc([N+](=O)[O-])c(C(F)(F)F)c1. The number of rotatable bonds is 2. The van der Waals surface area contributed by atoms with Gasteiger partial charge in [-0.3, -0.25) is 19.7 Å². The molecule has 1 aromatic carbocycles. The van der Waals surface area contributed by atoms with Gasteiger partial charge in [-0.1, -0.05) is 12.2 Å². The highest BCUT2D eigenvalue weighted by Crippen LogP contribution is 2.53. The van der Waals surface area contributed by atoms with Crippen LogP contribution in [0.5, 0.6) is 0 Å². The number of fused-ring (bicyclic) bond motifs is 5. The molecule has 1 saturated heterocycles. The van der Waals surface area contributed by atoms with Crippen molar-refractivity contribution in [1.82, 2.24) is 0 Å². The molecule has 4 rings (SSSR count). The molecule has 1 saturated carbocycles. The van der Waals surface area contributed by atoms with Crippen LogP contribution in [0.2, 0.25) is 0 Å². The van der Waals surface area contributed by atoms with Crippen molar-refractivity contribution in [2.45, 2.75) is 12.6 Å². The molecule has 0 spiro atoms. The van der Waals surface area contributed by atoms with Crippen LogP contribution in [0.4, 0.5) is 24.5 Å². The monoisotopic (exact) mass is 352 g/mol. The summed E-state index contributed by atoms with van der Waals surface area (Å²) in [5, 5.41) is 10.8. The third kappa shape index (κ3) is 2.11. The fourth-order valence-electron chi connectivity index (χ4n) is 4.21. The standard InChI is InChI=1S/C16H11F3N2O4/c17-16(18,19)10-6-9(3-4-11(10)21(24)25)20-14(22)12-7-1-2-8(5-7)13(12)15(20)23/h1-4,6-8,12-13H,5H2/t7?,8?,12-,13+. The quantitative estimate of drug-likeness (QED) is 0.355. The number of anilines is 1. The highest BCUT2D eigenvalue weighted by Gasteiger charge is 2.59. The Kier molecular flexibility index (Phi) is 3.10. The van der Waals surface area contributed by atoms with E-state index in [1.54, 1.807) is 0 Å². The van der Waals surface area contributed by atoms with Gasteiger partial charge < -0.3 is 0 Å². The number of alkyl halides is 3. The zero-order valence-electron chi connectivity index (χ0n) is 12.6. The highest BCUT2D eigenvalue weighted by atomic mass is 19.4. The van der Waals surface area contributed by atoms with Gasteiger partial charge in [0.05, 0.1) is 22.4 Å². The number of nitro benzene ring substituents is 1. The molecule has 2 fully saturated rings. The summed E-state index contributed by atoms with van der Waals surface area (Å²) in [6.07, 6.45) is -0.523. The van der Waals surface area contributed by atoms with E-state index in [4.69, 9.17) is 0 Å². The first-order chi connectivity index (χ1) is 11.7. The number of carbonyl (C=O) groups excluding carboxylic acids is 2. The Labute approximate surface area is 139 Å². The molecule has 6 nitrogen and oxygen atoms in total. The van der Waals surface area contributed by atoms with Gasteiger partial charge in [-0.25, -0.2) is 4.90 Å². The first kappa shape index (κ1) is 15.8. The van der Waals surface area contributed by atoms with Gasteiger partial charge in [0, 0.05) is 6.07 Å². The molecule has 3 aliphatic rings. The Morgan fingerprint density at radius 3 is 2.12 bits per heavy atom. The molecular weight excluding hydrogens is 341 g/mol. The van der Waals surface area contributed by atoms with E-state index in [9.17, 15) is 32.9 Å². The second-order valence-electron chi connectivity index (χ2n) is 6.47. The summed E-state index contributed by atoms with van der Waals surface area (Å²) >= 11 is 0. The predicted octanol–water partition coefficient (Wildman–Crippen LogP) is 2.93. The zero-order valence-corrected chi connectivity index (χ0v) is 12.6. The minimum atomic E-state index is -4.97. The maximum absolute atomic E-state index is 13.1. The summed E-state index contributed by atoms with van der Waals surface area (Å²) in [5.74, 6) is -2.31. The first-order valence-electron chi connectivity index (χ1n) is 7.62. The minimum absolute atomic E-state index is 0.0726. The van der Waals surface area contributed by atoms with E-state index in [-0.39, 0.29) is 17.5 Å². The molecule has 9 heteroatoms. The van der Waals surface area contributed by atoms with Crippen LogP contribution in [0.15, 0.2) is 30.4 Å². The fraction of sp³-hybridized carbons (Fsp3) is 0.375. The second kappa shape index (κ2) is 4.90. The molecule has 25 heavy (non-hydrogen) atoms. The molecule has 1 heterocycles. The Hall–Kier alpha value is -2.71. The number of carbonyl (C=O) groups is 2. The smallest absolute Gasteiger partial charge is 0.274 e. The van der Waals surface area contributed by atoms with Crippen molar-refractivity contribution in [1.29, 1.82) is 0 Å². The molecule has 0 radical (unpaired) electrons. The molecule has 2 aliphatic carbocycles. The molecule has 2 bridgehead atoms. The average molecular weight is 352 g/mol. The van der Waals surface area contributed by atoms with Crippen LogP contribution < -0.4 is 4.90 Å². The van der Waals surface area contributed by atoms with E-state index < -0.39 is 46.0 Å². The lowest BCUT2D eigenvalue weighted by Gasteiger charge is -2.18. The molecule has 1 aliphatic heterocycles. The van der Waals surface area contributed by atoms with E-state index in [1.165, 1.54) is 0 Å². The Morgan fingerprint density at radius 1 is 1.08 bits per heavy atom. The van der Waals surface area contributed by atoms with Gasteiger partial charge in [0.25, 0.3) is 5.69 Å². The van der Waals surface area contributed by atoms with Crippen molar-refractivity contribution in [2.75, 3.05) is 4.90 Å². The Morgan fingerprint density at radius 2 is 1.64 bits per heavy atom. The molecule has 2 amide bonds. The van der Waals surface area contributed by atoms with Crippen molar-refractivity contribution in [3.8, 4) is 0 Å². The van der Waals surface area contributed by atoms with E-state index >= 15 is 0 Å². The van der Waals surface area contributed by atoms with Crippen LogP contribution >= 0.6 is 0 Å². The molecule has 1 aromatic rings. The normalized spacial score (nSPS) is 30.3. The molecule has 0 aromatic heterocycles. The van der Waals surface area contributed by atoms with Gasteiger partial charge in [-0.2, -0.15) is 13.2 Å². The molecular formula is C16H11F3N2O4. The van der Waals surface area contributed by atoms with Crippen LogP contribution in [0.25, 0.3) is 0 Å². The van der Waals surface area contributed by atoms with Gasteiger partial charge in [0.2, 0.25) is 11.8 Å². The van der Waals surface area contributed by atoms with Crippen LogP contribution in [-0.4, -0.2) is 16.7 Å². The first-order valence-corrected chi connectivity index (χ1v) is 7.62. The predicted molar refractivity (Wildman–Crippen MR) is 78.3 cm³/mol. The summed E-state index contributed by atoms with van der Waals surface area (Å²) in [7, 11) is 0. The summed E-state index contributed by atoms with van der Waals surface area (Å²) in [5.41, 5.74) is -2.87. The lowest BCUT2D eigenvalue weighted by molar-refractivity contribution is -0.388. The molecule has 130 valence electrons. The van der Waals surface area contributed by atoms with Crippen LogP contribution in [-0.2, 0) is 15.8 Å². The Balaban J connectivity index is 1.77. The van der Waals surface area contributed by atoms with Crippen molar-refractivity contribution in [2.24, 2.45) is 23.7 Å². The van der Waals surface area contributed by atoms with Crippen molar-refractivity contribution in [3.05, 3.63) is 46.0 Å². The largest absolute Gasteiger partial charge is 0.423 e. The molecule has 4 atom stereocenters. The topological polar surface area (TPSA) is 80.5 Å². The number of allylic oxidation sites excluding steroid dienone is 2. The summed E-state index contributed by atoms with van der Waals surface area (Å²) in [6, 6.07) is 2.20. The van der Waals surface area contributed by atoms with Gasteiger partial charge in [-0.15, -0.1) is 0 Å². The van der Waals surface area contributed by atoms with Crippen LogP contribution in [0.1, 0.15) is 12.0 Å². The second-order valence-corrected chi connectivity index (χ2v) is 6.47.